The van der Waals surface area contributed by atoms with Gasteiger partial charge in [0, 0.05) is 0 Å². The molecule has 0 saturated heterocycles. The fourth-order valence-corrected chi connectivity index (χ4v) is 2.17. The van der Waals surface area contributed by atoms with Crippen LogP contribution in [0.4, 0.5) is 13.2 Å². The first-order valence-corrected chi connectivity index (χ1v) is 6.28. The van der Waals surface area contributed by atoms with Crippen LogP contribution in [0.15, 0.2) is 60.7 Å². The molecule has 0 atom stereocenters. The van der Waals surface area contributed by atoms with Gasteiger partial charge in [0.25, 0.3) is 0 Å². The largest absolute Gasteiger partial charge is 0.573 e. The quantitative estimate of drug-likeness (QED) is 0.629. The molecule has 3 rings (SSSR count). The predicted molar refractivity (Wildman–Crippen MR) is 74.9 cm³/mol. The van der Waals surface area contributed by atoms with Gasteiger partial charge in [0.2, 0.25) is 0 Å². The first kappa shape index (κ1) is 13.5. The van der Waals surface area contributed by atoms with E-state index in [-0.39, 0.29) is 5.75 Å². The van der Waals surface area contributed by atoms with Crippen molar-refractivity contribution < 1.29 is 17.9 Å². The second-order valence-electron chi connectivity index (χ2n) is 4.55. The Bertz CT molecular complexity index is 778. The summed E-state index contributed by atoms with van der Waals surface area (Å²) in [5.41, 5.74) is 1.35. The Hall–Kier alpha value is -2.49. The third-order valence-corrected chi connectivity index (χ3v) is 3.07. The van der Waals surface area contributed by atoms with Crippen LogP contribution >= 0.6 is 0 Å². The third-order valence-electron chi connectivity index (χ3n) is 3.07. The molecule has 0 heterocycles. The average molecular weight is 287 g/mol. The number of halogens is 3. The average Bonchev–Trinajstić information content (AvgIpc) is 2.45. The van der Waals surface area contributed by atoms with Crippen LogP contribution in [-0.2, 0) is 0 Å². The third kappa shape index (κ3) is 3.16. The van der Waals surface area contributed by atoms with Crippen molar-refractivity contribution in [3.8, 4) is 16.9 Å². The van der Waals surface area contributed by atoms with Gasteiger partial charge in [-0.3, -0.25) is 0 Å². The van der Waals surface area contributed by atoms with E-state index < -0.39 is 6.36 Å². The Morgan fingerprint density at radius 3 is 2.38 bits per heavy atom. The Morgan fingerprint density at radius 1 is 0.857 bits per heavy atom. The van der Waals surface area contributed by atoms with Gasteiger partial charge in [0.05, 0.1) is 0 Å². The molecule has 3 aromatic rings. The molecular weight excluding hydrogens is 277 g/mol. The summed E-state index contributed by atoms with van der Waals surface area (Å²) in [6.07, 6.45) is -4.69. The number of fused-ring (bicyclic) bond motifs is 1. The molecule has 0 N–H and O–H groups in total. The number of benzene rings is 3. The zero-order valence-electron chi connectivity index (χ0n) is 10.8. The molecule has 0 aliphatic heterocycles. The van der Waals surface area contributed by atoms with Crippen LogP contribution in [-0.4, -0.2) is 6.36 Å². The summed E-state index contributed by atoms with van der Waals surface area (Å²) < 4.78 is 40.7. The van der Waals surface area contributed by atoms with E-state index in [9.17, 15) is 13.2 Å². The highest BCUT2D eigenvalue weighted by Gasteiger charge is 2.31. The minimum Gasteiger partial charge on any atom is -0.406 e. The molecule has 0 amide bonds. The van der Waals surface area contributed by atoms with Gasteiger partial charge in [-0.1, -0.05) is 42.5 Å². The SMILES string of the molecule is FC(F)(F)Oc1cc[c]c(-c2ccc3ccccc3c2)c1. The van der Waals surface area contributed by atoms with E-state index >= 15 is 0 Å². The first-order chi connectivity index (χ1) is 10.0. The highest BCUT2D eigenvalue weighted by atomic mass is 19.4. The second-order valence-corrected chi connectivity index (χ2v) is 4.55. The van der Waals surface area contributed by atoms with E-state index in [2.05, 4.69) is 10.8 Å². The van der Waals surface area contributed by atoms with Gasteiger partial charge in [-0.05, 0) is 46.2 Å². The maximum Gasteiger partial charge on any atom is 0.573 e. The molecule has 0 aromatic heterocycles. The fourth-order valence-electron chi connectivity index (χ4n) is 2.17. The number of ether oxygens (including phenoxy) is 1. The normalized spacial score (nSPS) is 11.6. The van der Waals surface area contributed by atoms with Crippen molar-refractivity contribution >= 4 is 10.8 Å². The van der Waals surface area contributed by atoms with Crippen molar-refractivity contribution in [1.82, 2.24) is 0 Å². The molecule has 105 valence electrons. The molecule has 0 saturated carbocycles. The maximum absolute atomic E-state index is 12.3. The van der Waals surface area contributed by atoms with Crippen molar-refractivity contribution in [2.24, 2.45) is 0 Å². The van der Waals surface area contributed by atoms with E-state index in [4.69, 9.17) is 0 Å². The Balaban J connectivity index is 2.00. The molecule has 0 bridgehead atoms. The summed E-state index contributed by atoms with van der Waals surface area (Å²) in [5, 5.41) is 2.09. The smallest absolute Gasteiger partial charge is 0.406 e. The standard InChI is InChI=1S/C17H10F3O/c18-17(19,20)21-16-7-3-6-14(11-16)15-9-8-12-4-1-2-5-13(12)10-15/h1-5,7-11H. The Kier molecular flexibility index (Phi) is 3.29. The highest BCUT2D eigenvalue weighted by molar-refractivity contribution is 5.87. The molecule has 3 aromatic carbocycles. The van der Waals surface area contributed by atoms with Crippen LogP contribution in [0.2, 0.25) is 0 Å². The van der Waals surface area contributed by atoms with Crippen LogP contribution in [0.25, 0.3) is 21.9 Å². The molecule has 0 unspecified atom stereocenters. The van der Waals surface area contributed by atoms with Gasteiger partial charge >= 0.3 is 6.36 Å². The van der Waals surface area contributed by atoms with Crippen molar-refractivity contribution in [2.45, 2.75) is 6.36 Å². The van der Waals surface area contributed by atoms with Gasteiger partial charge in [-0.25, -0.2) is 0 Å². The predicted octanol–water partition coefficient (Wildman–Crippen LogP) is 5.21. The zero-order valence-corrected chi connectivity index (χ0v) is 10.8. The fraction of sp³-hybridized carbons (Fsp3) is 0.0588. The van der Waals surface area contributed by atoms with Crippen molar-refractivity contribution in [1.29, 1.82) is 0 Å². The summed E-state index contributed by atoms with van der Waals surface area (Å²) in [6.45, 7) is 0. The Morgan fingerprint density at radius 2 is 1.62 bits per heavy atom. The van der Waals surface area contributed by atoms with Gasteiger partial charge < -0.3 is 4.74 Å². The summed E-state index contributed by atoms with van der Waals surface area (Å²) in [7, 11) is 0. The lowest BCUT2D eigenvalue weighted by Gasteiger charge is -2.10. The van der Waals surface area contributed by atoms with Crippen molar-refractivity contribution in [3.63, 3.8) is 0 Å². The molecular formula is C17H10F3O. The van der Waals surface area contributed by atoms with Crippen LogP contribution in [0, 0.1) is 6.07 Å². The van der Waals surface area contributed by atoms with Gasteiger partial charge in [0.15, 0.2) is 0 Å². The van der Waals surface area contributed by atoms with Crippen molar-refractivity contribution in [2.75, 3.05) is 0 Å². The Labute approximate surface area is 119 Å². The lowest BCUT2D eigenvalue weighted by atomic mass is 10.0. The van der Waals surface area contributed by atoms with Gasteiger partial charge in [-0.15, -0.1) is 13.2 Å². The molecule has 0 aliphatic rings. The summed E-state index contributed by atoms with van der Waals surface area (Å²) in [5.74, 6) is -0.246. The topological polar surface area (TPSA) is 9.23 Å². The van der Waals surface area contributed by atoms with E-state index in [0.29, 0.717) is 5.56 Å². The number of alkyl halides is 3. The highest BCUT2D eigenvalue weighted by Crippen LogP contribution is 2.29. The molecule has 4 heteroatoms. The summed E-state index contributed by atoms with van der Waals surface area (Å²) in [6, 6.07) is 20.4. The molecule has 21 heavy (non-hydrogen) atoms. The monoisotopic (exact) mass is 287 g/mol. The zero-order chi connectivity index (χ0) is 14.9. The van der Waals surface area contributed by atoms with Crippen LogP contribution in [0.1, 0.15) is 0 Å². The number of hydrogen-bond acceptors (Lipinski definition) is 1. The van der Waals surface area contributed by atoms with E-state index in [1.165, 1.54) is 18.2 Å². The minimum absolute atomic E-state index is 0.246. The molecule has 0 fully saturated rings. The van der Waals surface area contributed by atoms with Crippen molar-refractivity contribution in [3.05, 3.63) is 66.7 Å². The van der Waals surface area contributed by atoms with Crippen LogP contribution < -0.4 is 4.74 Å². The van der Waals surface area contributed by atoms with Gasteiger partial charge in [-0.2, -0.15) is 0 Å². The van der Waals surface area contributed by atoms with E-state index in [1.54, 1.807) is 0 Å². The molecule has 1 radical (unpaired) electrons. The summed E-state index contributed by atoms with van der Waals surface area (Å²) >= 11 is 0. The first-order valence-electron chi connectivity index (χ1n) is 6.28. The van der Waals surface area contributed by atoms with Crippen LogP contribution in [0.3, 0.4) is 0 Å². The maximum atomic E-state index is 12.3. The van der Waals surface area contributed by atoms with Gasteiger partial charge in [0.1, 0.15) is 5.75 Å². The molecule has 0 spiro atoms. The summed E-state index contributed by atoms with van der Waals surface area (Å²) in [4.78, 5) is 0. The number of rotatable bonds is 2. The van der Waals surface area contributed by atoms with E-state index in [1.807, 2.05) is 42.5 Å². The number of hydrogen-bond donors (Lipinski definition) is 0. The molecule has 1 nitrogen and oxygen atoms in total. The molecule has 0 aliphatic carbocycles. The van der Waals surface area contributed by atoms with Crippen LogP contribution in [0.5, 0.6) is 5.75 Å². The second kappa shape index (κ2) is 5.13. The van der Waals surface area contributed by atoms with E-state index in [0.717, 1.165) is 16.3 Å². The minimum atomic E-state index is -4.69. The lowest BCUT2D eigenvalue weighted by molar-refractivity contribution is -0.274. The lowest BCUT2D eigenvalue weighted by Crippen LogP contribution is -2.17.